The first kappa shape index (κ1) is 19.0. The van der Waals surface area contributed by atoms with Crippen LogP contribution in [0.2, 0.25) is 0 Å². The minimum absolute atomic E-state index is 0.210. The Morgan fingerprint density at radius 3 is 2.72 bits per heavy atom. The lowest BCUT2D eigenvalue weighted by atomic mass is 10.2. The average Bonchev–Trinajstić information content (AvgIpc) is 3.31. The van der Waals surface area contributed by atoms with Crippen molar-refractivity contribution in [2.75, 3.05) is 7.11 Å². The summed E-state index contributed by atoms with van der Waals surface area (Å²) in [5.74, 6) is 0.614. The van der Waals surface area contributed by atoms with Gasteiger partial charge in [-0.1, -0.05) is 15.9 Å². The van der Waals surface area contributed by atoms with E-state index in [0.29, 0.717) is 5.58 Å². The summed E-state index contributed by atoms with van der Waals surface area (Å²) in [4.78, 5) is 12.3. The highest BCUT2D eigenvalue weighted by Crippen LogP contribution is 2.23. The highest BCUT2D eigenvalue weighted by molar-refractivity contribution is 9.10. The van der Waals surface area contributed by atoms with Crippen molar-refractivity contribution < 1.29 is 13.9 Å². The molecule has 2 aromatic carbocycles. The molecule has 0 bridgehead atoms. The first-order valence-corrected chi connectivity index (χ1v) is 9.69. The SMILES string of the molecule is COc1ccc(-n2cc(/C=N/NC(=O)c3cc4cc(Br)ccc4o3)cc2C)cc1. The molecule has 6 nitrogen and oxygen atoms in total. The summed E-state index contributed by atoms with van der Waals surface area (Å²) in [6, 6.07) is 17.0. The highest BCUT2D eigenvalue weighted by atomic mass is 79.9. The van der Waals surface area contributed by atoms with Gasteiger partial charge in [0.1, 0.15) is 11.3 Å². The van der Waals surface area contributed by atoms with E-state index in [1.54, 1.807) is 19.4 Å². The Labute approximate surface area is 175 Å². The monoisotopic (exact) mass is 451 g/mol. The fourth-order valence-electron chi connectivity index (χ4n) is 3.04. The molecule has 1 N–H and O–H groups in total. The van der Waals surface area contributed by atoms with Crippen molar-refractivity contribution in [2.45, 2.75) is 6.92 Å². The van der Waals surface area contributed by atoms with E-state index in [1.165, 1.54) is 0 Å². The first-order valence-electron chi connectivity index (χ1n) is 8.89. The Bertz CT molecular complexity index is 1210. The Hall–Kier alpha value is -3.32. The van der Waals surface area contributed by atoms with Crippen LogP contribution < -0.4 is 10.2 Å². The molecule has 2 aromatic heterocycles. The lowest BCUT2D eigenvalue weighted by Gasteiger charge is -2.06. The topological polar surface area (TPSA) is 68.8 Å². The van der Waals surface area contributed by atoms with Gasteiger partial charge >= 0.3 is 5.91 Å². The largest absolute Gasteiger partial charge is 0.497 e. The number of hydrogen-bond donors (Lipinski definition) is 1. The number of rotatable bonds is 5. The first-order chi connectivity index (χ1) is 14.0. The second kappa shape index (κ2) is 7.97. The Kier molecular flexibility index (Phi) is 5.22. The molecule has 0 saturated heterocycles. The van der Waals surface area contributed by atoms with Crippen molar-refractivity contribution in [2.24, 2.45) is 5.10 Å². The number of nitrogens with zero attached hydrogens (tertiary/aromatic N) is 2. The quantitative estimate of drug-likeness (QED) is 0.340. The molecule has 0 unspecified atom stereocenters. The van der Waals surface area contributed by atoms with Crippen molar-refractivity contribution in [3.8, 4) is 11.4 Å². The summed E-state index contributed by atoms with van der Waals surface area (Å²) in [5.41, 5.74) is 6.08. The van der Waals surface area contributed by atoms with Crippen LogP contribution in [0, 0.1) is 6.92 Å². The molecule has 0 atom stereocenters. The van der Waals surface area contributed by atoms with Crippen LogP contribution in [-0.4, -0.2) is 23.8 Å². The van der Waals surface area contributed by atoms with Gasteiger partial charge < -0.3 is 13.7 Å². The van der Waals surface area contributed by atoms with Crippen molar-refractivity contribution in [1.29, 1.82) is 0 Å². The molecule has 2 heterocycles. The number of benzene rings is 2. The summed E-state index contributed by atoms with van der Waals surface area (Å²) in [6.07, 6.45) is 3.55. The number of ether oxygens (including phenoxy) is 1. The number of amides is 1. The lowest BCUT2D eigenvalue weighted by molar-refractivity contribution is 0.0929. The maximum atomic E-state index is 12.3. The normalized spacial score (nSPS) is 11.3. The molecule has 0 aliphatic heterocycles. The maximum Gasteiger partial charge on any atom is 0.307 e. The van der Waals surface area contributed by atoms with Crippen LogP contribution in [0.15, 0.2) is 74.8 Å². The zero-order valence-electron chi connectivity index (χ0n) is 15.8. The molecule has 0 aliphatic carbocycles. The molecule has 0 spiro atoms. The smallest absolute Gasteiger partial charge is 0.307 e. The molecular weight excluding hydrogens is 434 g/mol. The third kappa shape index (κ3) is 4.09. The number of fused-ring (bicyclic) bond motifs is 1. The van der Waals surface area contributed by atoms with E-state index in [0.717, 1.165) is 32.6 Å². The summed E-state index contributed by atoms with van der Waals surface area (Å²) >= 11 is 3.40. The molecule has 0 fully saturated rings. The van der Waals surface area contributed by atoms with Crippen LogP contribution in [0.3, 0.4) is 0 Å². The second-order valence-electron chi connectivity index (χ2n) is 6.47. The van der Waals surface area contributed by atoms with E-state index >= 15 is 0 Å². The summed E-state index contributed by atoms with van der Waals surface area (Å²) in [6.45, 7) is 2.01. The Balaban J connectivity index is 1.46. The van der Waals surface area contributed by atoms with Crippen LogP contribution in [0.1, 0.15) is 21.8 Å². The molecule has 0 aliphatic rings. The zero-order chi connectivity index (χ0) is 20.4. The van der Waals surface area contributed by atoms with Crippen molar-refractivity contribution in [3.63, 3.8) is 0 Å². The minimum atomic E-state index is -0.403. The van der Waals surface area contributed by atoms with Crippen molar-refractivity contribution >= 4 is 39.0 Å². The molecule has 0 radical (unpaired) electrons. The van der Waals surface area contributed by atoms with Crippen molar-refractivity contribution in [1.82, 2.24) is 9.99 Å². The van der Waals surface area contributed by atoms with E-state index in [-0.39, 0.29) is 5.76 Å². The van der Waals surface area contributed by atoms with Gasteiger partial charge in [0, 0.05) is 33.0 Å². The van der Waals surface area contributed by atoms with Gasteiger partial charge in [0.15, 0.2) is 5.76 Å². The second-order valence-corrected chi connectivity index (χ2v) is 7.39. The van der Waals surface area contributed by atoms with Gasteiger partial charge in [-0.05, 0) is 61.5 Å². The van der Waals surface area contributed by atoms with Crippen LogP contribution in [0.5, 0.6) is 5.75 Å². The number of carbonyl (C=O) groups is 1. The highest BCUT2D eigenvalue weighted by Gasteiger charge is 2.12. The number of carbonyl (C=O) groups excluding carboxylic acids is 1. The van der Waals surface area contributed by atoms with Crippen LogP contribution in [0.25, 0.3) is 16.7 Å². The van der Waals surface area contributed by atoms with Gasteiger partial charge in [0.2, 0.25) is 0 Å². The zero-order valence-corrected chi connectivity index (χ0v) is 17.4. The van der Waals surface area contributed by atoms with Crippen LogP contribution in [0.4, 0.5) is 0 Å². The molecular formula is C22H18BrN3O3. The Morgan fingerprint density at radius 1 is 1.17 bits per heavy atom. The number of hydrazone groups is 1. The molecule has 4 rings (SSSR count). The number of methoxy groups -OCH3 is 1. The lowest BCUT2D eigenvalue weighted by Crippen LogP contribution is -2.16. The predicted octanol–water partition coefficient (Wildman–Crippen LogP) is 5.07. The number of aryl methyl sites for hydroxylation is 1. The average molecular weight is 452 g/mol. The van der Waals surface area contributed by atoms with Gasteiger partial charge in [-0.3, -0.25) is 4.79 Å². The fourth-order valence-corrected chi connectivity index (χ4v) is 3.42. The minimum Gasteiger partial charge on any atom is -0.497 e. The maximum absolute atomic E-state index is 12.3. The van der Waals surface area contributed by atoms with E-state index < -0.39 is 5.91 Å². The van der Waals surface area contributed by atoms with Crippen LogP contribution >= 0.6 is 15.9 Å². The van der Waals surface area contributed by atoms with Gasteiger partial charge in [-0.25, -0.2) is 5.43 Å². The molecule has 29 heavy (non-hydrogen) atoms. The standard InChI is InChI=1S/C22H18BrN3O3/c1-14-9-15(13-26(14)18-4-6-19(28-2)7-5-18)12-24-25-22(27)21-11-16-10-17(23)3-8-20(16)29-21/h3-13H,1-2H3,(H,25,27)/b24-12+. The summed E-state index contributed by atoms with van der Waals surface area (Å²) in [5, 5.41) is 4.90. The number of aromatic nitrogens is 1. The van der Waals surface area contributed by atoms with Gasteiger partial charge in [0.05, 0.1) is 13.3 Å². The summed E-state index contributed by atoms with van der Waals surface area (Å²) in [7, 11) is 1.64. The van der Waals surface area contributed by atoms with E-state index in [2.05, 4.69) is 26.5 Å². The van der Waals surface area contributed by atoms with E-state index in [4.69, 9.17) is 9.15 Å². The number of furan rings is 1. The van der Waals surface area contributed by atoms with E-state index in [9.17, 15) is 4.79 Å². The number of nitrogens with one attached hydrogen (secondary N) is 1. The third-order valence-corrected chi connectivity index (χ3v) is 4.96. The van der Waals surface area contributed by atoms with Crippen LogP contribution in [-0.2, 0) is 0 Å². The Morgan fingerprint density at radius 2 is 1.97 bits per heavy atom. The van der Waals surface area contributed by atoms with Crippen molar-refractivity contribution in [3.05, 3.63) is 82.3 Å². The molecule has 4 aromatic rings. The summed E-state index contributed by atoms with van der Waals surface area (Å²) < 4.78 is 13.7. The van der Waals surface area contributed by atoms with Gasteiger partial charge in [-0.15, -0.1) is 0 Å². The fraction of sp³-hybridized carbons (Fsp3) is 0.0909. The van der Waals surface area contributed by atoms with E-state index in [1.807, 2.05) is 66.2 Å². The number of halogens is 1. The molecule has 146 valence electrons. The van der Waals surface area contributed by atoms with Gasteiger partial charge in [-0.2, -0.15) is 5.10 Å². The molecule has 1 amide bonds. The third-order valence-electron chi connectivity index (χ3n) is 4.47. The molecule has 0 saturated carbocycles. The number of hydrogen-bond acceptors (Lipinski definition) is 4. The predicted molar refractivity (Wildman–Crippen MR) is 116 cm³/mol. The van der Waals surface area contributed by atoms with Gasteiger partial charge in [0.25, 0.3) is 0 Å². The molecule has 7 heteroatoms.